The second-order valence-corrected chi connectivity index (χ2v) is 5.66. The first-order valence-electron chi connectivity index (χ1n) is 6.78. The lowest BCUT2D eigenvalue weighted by molar-refractivity contribution is 0.158. The summed E-state index contributed by atoms with van der Waals surface area (Å²) in [4.78, 5) is 2.46. The van der Waals surface area contributed by atoms with Crippen LogP contribution in [0.1, 0.15) is 31.7 Å². The van der Waals surface area contributed by atoms with E-state index < -0.39 is 0 Å². The van der Waals surface area contributed by atoms with Gasteiger partial charge in [-0.2, -0.15) is 0 Å². The number of para-hydroxylation sites is 1. The molecule has 0 aromatic heterocycles. The first kappa shape index (κ1) is 11.1. The lowest BCUT2D eigenvalue weighted by Crippen LogP contribution is -2.45. The predicted octanol–water partition coefficient (Wildman–Crippen LogP) is 2.60. The van der Waals surface area contributed by atoms with Gasteiger partial charge in [-0.3, -0.25) is 0 Å². The molecule has 0 radical (unpaired) electrons. The van der Waals surface area contributed by atoms with Gasteiger partial charge in [0.25, 0.3) is 0 Å². The third kappa shape index (κ3) is 1.95. The van der Waals surface area contributed by atoms with Crippen molar-refractivity contribution in [1.82, 2.24) is 0 Å². The summed E-state index contributed by atoms with van der Waals surface area (Å²) >= 11 is 0. The van der Waals surface area contributed by atoms with Crippen molar-refractivity contribution in [1.29, 1.82) is 0 Å². The maximum atomic E-state index is 10.1. The third-order valence-electron chi connectivity index (χ3n) is 4.22. The molecule has 1 aliphatic carbocycles. The number of nitrogens with zero attached hydrogens (tertiary/aromatic N) is 1. The van der Waals surface area contributed by atoms with E-state index in [1.54, 1.807) is 0 Å². The molecule has 1 N–H and O–H groups in total. The molecule has 1 aromatic rings. The molecular formula is C15H21NO. The van der Waals surface area contributed by atoms with Crippen LogP contribution < -0.4 is 4.90 Å². The zero-order valence-electron chi connectivity index (χ0n) is 10.5. The topological polar surface area (TPSA) is 23.5 Å². The molecule has 3 unspecified atom stereocenters. The Kier molecular flexibility index (Phi) is 2.83. The van der Waals surface area contributed by atoms with Crippen molar-refractivity contribution in [3.63, 3.8) is 0 Å². The maximum absolute atomic E-state index is 10.1. The molecule has 3 rings (SSSR count). The van der Waals surface area contributed by atoms with Gasteiger partial charge in [0.2, 0.25) is 0 Å². The number of aliphatic hydroxyl groups excluding tert-OH is 1. The second kappa shape index (κ2) is 4.34. The molecule has 1 fully saturated rings. The van der Waals surface area contributed by atoms with Gasteiger partial charge in [0.05, 0.1) is 12.1 Å². The van der Waals surface area contributed by atoms with Crippen LogP contribution in [0.2, 0.25) is 0 Å². The van der Waals surface area contributed by atoms with Crippen molar-refractivity contribution in [2.24, 2.45) is 5.92 Å². The Labute approximate surface area is 103 Å². The van der Waals surface area contributed by atoms with Gasteiger partial charge in [-0.15, -0.1) is 0 Å². The van der Waals surface area contributed by atoms with E-state index in [2.05, 4.69) is 36.1 Å². The molecule has 0 spiro atoms. The minimum Gasteiger partial charge on any atom is -0.391 e. The molecule has 0 bridgehead atoms. The third-order valence-corrected chi connectivity index (χ3v) is 4.22. The molecule has 2 aliphatic rings. The van der Waals surface area contributed by atoms with Crippen molar-refractivity contribution in [2.75, 3.05) is 11.4 Å². The predicted molar refractivity (Wildman–Crippen MR) is 70.3 cm³/mol. The van der Waals surface area contributed by atoms with Gasteiger partial charge in [-0.1, -0.05) is 25.1 Å². The van der Waals surface area contributed by atoms with Crippen LogP contribution in [0.4, 0.5) is 5.69 Å². The van der Waals surface area contributed by atoms with E-state index in [0.29, 0.717) is 12.0 Å². The van der Waals surface area contributed by atoms with Gasteiger partial charge in [0.15, 0.2) is 0 Å². The molecule has 1 saturated carbocycles. The van der Waals surface area contributed by atoms with Crippen LogP contribution in [-0.4, -0.2) is 23.8 Å². The summed E-state index contributed by atoms with van der Waals surface area (Å²) in [5.74, 6) is 0.692. The first-order chi connectivity index (χ1) is 8.25. The Hall–Kier alpha value is -1.02. The highest BCUT2D eigenvalue weighted by Crippen LogP contribution is 2.35. The lowest BCUT2D eigenvalue weighted by Gasteiger charge is -2.40. The molecule has 3 atom stereocenters. The average Bonchev–Trinajstić information content (AvgIpc) is 2.74. The second-order valence-electron chi connectivity index (χ2n) is 5.66. The summed E-state index contributed by atoms with van der Waals surface area (Å²) in [6.07, 6.45) is 4.32. The fraction of sp³-hybridized carbons (Fsp3) is 0.600. The fourth-order valence-electron chi connectivity index (χ4n) is 3.44. The Morgan fingerprint density at radius 3 is 2.82 bits per heavy atom. The minimum absolute atomic E-state index is 0.131. The lowest BCUT2D eigenvalue weighted by atomic mass is 9.92. The molecule has 92 valence electrons. The Balaban J connectivity index is 1.94. The zero-order chi connectivity index (χ0) is 11.8. The molecule has 0 saturated heterocycles. The van der Waals surface area contributed by atoms with Crippen LogP contribution in [0.25, 0.3) is 0 Å². The van der Waals surface area contributed by atoms with Crippen molar-refractivity contribution >= 4 is 5.69 Å². The van der Waals surface area contributed by atoms with E-state index in [1.165, 1.54) is 24.1 Å². The fourth-order valence-corrected chi connectivity index (χ4v) is 3.44. The molecule has 1 aromatic carbocycles. The molecular weight excluding hydrogens is 210 g/mol. The van der Waals surface area contributed by atoms with Crippen molar-refractivity contribution < 1.29 is 5.11 Å². The number of anilines is 1. The monoisotopic (exact) mass is 231 g/mol. The van der Waals surface area contributed by atoms with Crippen LogP contribution in [0, 0.1) is 5.92 Å². The van der Waals surface area contributed by atoms with Gasteiger partial charge in [-0.25, -0.2) is 0 Å². The van der Waals surface area contributed by atoms with Crippen molar-refractivity contribution in [3.8, 4) is 0 Å². The Morgan fingerprint density at radius 2 is 2.06 bits per heavy atom. The van der Waals surface area contributed by atoms with Gasteiger partial charge in [0.1, 0.15) is 0 Å². The van der Waals surface area contributed by atoms with E-state index in [4.69, 9.17) is 0 Å². The quantitative estimate of drug-likeness (QED) is 0.803. The van der Waals surface area contributed by atoms with Gasteiger partial charge >= 0.3 is 0 Å². The molecule has 1 aliphatic heterocycles. The van der Waals surface area contributed by atoms with Crippen LogP contribution in [0.15, 0.2) is 24.3 Å². The summed E-state index contributed by atoms with van der Waals surface area (Å²) in [7, 11) is 0. The van der Waals surface area contributed by atoms with Gasteiger partial charge in [-0.05, 0) is 43.2 Å². The standard InChI is InChI=1S/C15H21NO/c1-11-9-12-5-2-3-6-13(12)16(10-11)14-7-4-8-15(14)17/h2-3,5-6,11,14-15,17H,4,7-10H2,1H3. The highest BCUT2D eigenvalue weighted by molar-refractivity contribution is 5.56. The number of aliphatic hydroxyl groups is 1. The van der Waals surface area contributed by atoms with Crippen LogP contribution in [0.5, 0.6) is 0 Å². The van der Waals surface area contributed by atoms with Crippen molar-refractivity contribution in [2.45, 2.75) is 44.8 Å². The maximum Gasteiger partial charge on any atom is 0.0743 e. The number of rotatable bonds is 1. The Bertz CT molecular complexity index is 404. The molecule has 2 nitrogen and oxygen atoms in total. The van der Waals surface area contributed by atoms with Crippen molar-refractivity contribution in [3.05, 3.63) is 29.8 Å². The van der Waals surface area contributed by atoms with E-state index in [1.807, 2.05) is 0 Å². The average molecular weight is 231 g/mol. The molecule has 17 heavy (non-hydrogen) atoms. The smallest absolute Gasteiger partial charge is 0.0743 e. The highest BCUT2D eigenvalue weighted by Gasteiger charge is 2.34. The number of hydrogen-bond donors (Lipinski definition) is 1. The van der Waals surface area contributed by atoms with E-state index >= 15 is 0 Å². The highest BCUT2D eigenvalue weighted by atomic mass is 16.3. The minimum atomic E-state index is -0.131. The summed E-state index contributed by atoms with van der Waals surface area (Å²) in [6.45, 7) is 3.41. The van der Waals surface area contributed by atoms with Crippen LogP contribution >= 0.6 is 0 Å². The summed E-state index contributed by atoms with van der Waals surface area (Å²) < 4.78 is 0. The normalized spacial score (nSPS) is 32.6. The van der Waals surface area contributed by atoms with Gasteiger partial charge in [0, 0.05) is 12.2 Å². The van der Waals surface area contributed by atoms with Crippen LogP contribution in [-0.2, 0) is 6.42 Å². The number of fused-ring (bicyclic) bond motifs is 1. The SMILES string of the molecule is CC1Cc2ccccc2N(C2CCCC2O)C1. The van der Waals surface area contributed by atoms with E-state index in [9.17, 15) is 5.11 Å². The van der Waals surface area contributed by atoms with Crippen LogP contribution in [0.3, 0.4) is 0 Å². The largest absolute Gasteiger partial charge is 0.391 e. The summed E-state index contributed by atoms with van der Waals surface area (Å²) in [5.41, 5.74) is 2.81. The summed E-state index contributed by atoms with van der Waals surface area (Å²) in [6, 6.07) is 9.04. The molecule has 0 amide bonds. The summed E-state index contributed by atoms with van der Waals surface area (Å²) in [5, 5.41) is 10.1. The van der Waals surface area contributed by atoms with E-state index in [0.717, 1.165) is 19.4 Å². The number of benzene rings is 1. The van der Waals surface area contributed by atoms with E-state index in [-0.39, 0.29) is 6.10 Å². The number of hydrogen-bond acceptors (Lipinski definition) is 2. The molecule has 1 heterocycles. The molecule has 2 heteroatoms. The zero-order valence-corrected chi connectivity index (χ0v) is 10.5. The van der Waals surface area contributed by atoms with Gasteiger partial charge < -0.3 is 10.0 Å². The first-order valence-corrected chi connectivity index (χ1v) is 6.78. The Morgan fingerprint density at radius 1 is 1.24 bits per heavy atom.